The fourth-order valence-electron chi connectivity index (χ4n) is 0.393. The molecule has 1 amide bonds. The zero-order chi connectivity index (χ0) is 7.98. The van der Waals surface area contributed by atoms with Crippen molar-refractivity contribution in [1.82, 2.24) is 5.32 Å². The maximum absolute atomic E-state index is 10.7. The molecule has 0 aliphatic rings. The Hall–Kier alpha value is -0.260. The number of carbonyl (C=O) groups is 1. The molecule has 0 heterocycles. The average molecular weight is 164 g/mol. The fraction of sp³-hybridized carbons (Fsp3) is 0.800. The van der Waals surface area contributed by atoms with E-state index >= 15 is 0 Å². The molecular formula is C5H12N2O2S. The Kier molecular flexibility index (Phi) is 5.38. The van der Waals surface area contributed by atoms with Crippen LogP contribution in [0.15, 0.2) is 0 Å². The largest absolute Gasteiger partial charge is 0.395 e. The monoisotopic (exact) mass is 164 g/mol. The van der Waals surface area contributed by atoms with Gasteiger partial charge in [0.05, 0.1) is 12.6 Å². The highest BCUT2D eigenvalue weighted by atomic mass is 32.1. The van der Waals surface area contributed by atoms with Gasteiger partial charge in [-0.25, -0.2) is 0 Å². The van der Waals surface area contributed by atoms with Crippen LogP contribution >= 0.6 is 12.6 Å². The van der Waals surface area contributed by atoms with E-state index in [1.165, 1.54) is 0 Å². The number of nitrogens with two attached hydrogens (primary N) is 1. The van der Waals surface area contributed by atoms with Gasteiger partial charge < -0.3 is 16.2 Å². The Morgan fingerprint density at radius 1 is 1.80 bits per heavy atom. The zero-order valence-electron chi connectivity index (χ0n) is 5.58. The Labute approximate surface area is 65.2 Å². The molecule has 60 valence electrons. The number of hydrogen-bond acceptors (Lipinski definition) is 4. The first-order valence-corrected chi connectivity index (χ1v) is 3.60. The molecule has 10 heavy (non-hydrogen) atoms. The van der Waals surface area contributed by atoms with Crippen LogP contribution in [-0.4, -0.2) is 36.0 Å². The molecule has 0 aliphatic heterocycles. The lowest BCUT2D eigenvalue weighted by Gasteiger charge is -2.07. The van der Waals surface area contributed by atoms with Gasteiger partial charge in [0.15, 0.2) is 0 Å². The van der Waals surface area contributed by atoms with Gasteiger partial charge in [0.1, 0.15) is 0 Å². The van der Waals surface area contributed by atoms with Crippen molar-refractivity contribution < 1.29 is 9.90 Å². The van der Waals surface area contributed by atoms with E-state index in [0.29, 0.717) is 5.75 Å². The molecule has 0 aromatic heterocycles. The van der Waals surface area contributed by atoms with Crippen LogP contribution in [0.3, 0.4) is 0 Å². The lowest BCUT2D eigenvalue weighted by Crippen LogP contribution is -2.42. The van der Waals surface area contributed by atoms with Gasteiger partial charge in [0, 0.05) is 12.3 Å². The Balaban J connectivity index is 3.42. The van der Waals surface area contributed by atoms with Crippen LogP contribution in [0.5, 0.6) is 0 Å². The SMILES string of the molecule is NC(CS)C(=O)NCCO. The molecule has 0 aromatic rings. The molecule has 0 radical (unpaired) electrons. The smallest absolute Gasteiger partial charge is 0.237 e. The number of aliphatic hydroxyl groups is 1. The Morgan fingerprint density at radius 2 is 2.40 bits per heavy atom. The summed E-state index contributed by atoms with van der Waals surface area (Å²) in [6, 6.07) is -0.574. The van der Waals surface area contributed by atoms with Crippen LogP contribution < -0.4 is 11.1 Å². The summed E-state index contributed by atoms with van der Waals surface area (Å²) in [6.07, 6.45) is 0. The van der Waals surface area contributed by atoms with E-state index < -0.39 is 6.04 Å². The third kappa shape index (κ3) is 3.71. The van der Waals surface area contributed by atoms with Gasteiger partial charge in [0.2, 0.25) is 5.91 Å². The van der Waals surface area contributed by atoms with Crippen LogP contribution in [0.4, 0.5) is 0 Å². The molecule has 0 fully saturated rings. The number of amides is 1. The first-order chi connectivity index (χ1) is 4.72. The van der Waals surface area contributed by atoms with Gasteiger partial charge in [-0.2, -0.15) is 12.6 Å². The Bertz CT molecular complexity index is 110. The minimum Gasteiger partial charge on any atom is -0.395 e. The summed E-state index contributed by atoms with van der Waals surface area (Å²) < 4.78 is 0. The van der Waals surface area contributed by atoms with Crippen molar-refractivity contribution in [2.75, 3.05) is 18.9 Å². The molecule has 0 saturated carbocycles. The van der Waals surface area contributed by atoms with Crippen molar-refractivity contribution >= 4 is 18.5 Å². The predicted octanol–water partition coefficient (Wildman–Crippen LogP) is -1.65. The third-order valence-electron chi connectivity index (χ3n) is 0.945. The van der Waals surface area contributed by atoms with E-state index in [1.807, 2.05) is 0 Å². The van der Waals surface area contributed by atoms with Gasteiger partial charge in [-0.15, -0.1) is 0 Å². The van der Waals surface area contributed by atoms with Gasteiger partial charge in [-0.05, 0) is 0 Å². The number of aliphatic hydroxyl groups excluding tert-OH is 1. The normalized spacial score (nSPS) is 12.7. The van der Waals surface area contributed by atoms with Crippen molar-refractivity contribution in [3.63, 3.8) is 0 Å². The van der Waals surface area contributed by atoms with E-state index in [-0.39, 0.29) is 19.1 Å². The van der Waals surface area contributed by atoms with E-state index in [4.69, 9.17) is 10.8 Å². The average Bonchev–Trinajstić information content (AvgIpc) is 1.98. The molecule has 4 N–H and O–H groups in total. The van der Waals surface area contributed by atoms with Crippen molar-refractivity contribution in [3.8, 4) is 0 Å². The molecule has 5 heteroatoms. The molecular weight excluding hydrogens is 152 g/mol. The Morgan fingerprint density at radius 3 is 2.80 bits per heavy atom. The van der Waals surface area contributed by atoms with E-state index in [2.05, 4.69) is 17.9 Å². The van der Waals surface area contributed by atoms with Crippen LogP contribution in [0.2, 0.25) is 0 Å². The van der Waals surface area contributed by atoms with E-state index in [0.717, 1.165) is 0 Å². The molecule has 0 saturated heterocycles. The third-order valence-corrected chi connectivity index (χ3v) is 1.34. The summed E-state index contributed by atoms with van der Waals surface area (Å²) in [5.74, 6) is 0.0427. The molecule has 0 aromatic carbocycles. The summed E-state index contributed by atoms with van der Waals surface area (Å²) in [5, 5.41) is 10.7. The second kappa shape index (κ2) is 5.52. The molecule has 0 spiro atoms. The number of carbonyl (C=O) groups excluding carboxylic acids is 1. The quantitative estimate of drug-likeness (QED) is 0.376. The van der Waals surface area contributed by atoms with E-state index in [9.17, 15) is 4.79 Å². The standard InChI is InChI=1S/C5H12N2O2S/c6-4(3-10)5(9)7-1-2-8/h4,8,10H,1-3,6H2,(H,7,9). The summed E-state index contributed by atoms with van der Waals surface area (Å²) in [7, 11) is 0. The number of nitrogens with one attached hydrogen (secondary N) is 1. The van der Waals surface area contributed by atoms with Crippen molar-refractivity contribution in [2.24, 2.45) is 5.73 Å². The molecule has 0 aliphatic carbocycles. The van der Waals surface area contributed by atoms with Crippen molar-refractivity contribution in [3.05, 3.63) is 0 Å². The van der Waals surface area contributed by atoms with Crippen LogP contribution in [0.25, 0.3) is 0 Å². The molecule has 0 bridgehead atoms. The summed E-state index contributed by atoms with van der Waals surface area (Å²) in [4.78, 5) is 10.7. The first kappa shape index (κ1) is 9.74. The summed E-state index contributed by atoms with van der Waals surface area (Å²) in [5.41, 5.74) is 5.29. The van der Waals surface area contributed by atoms with Crippen molar-refractivity contribution in [1.29, 1.82) is 0 Å². The lowest BCUT2D eigenvalue weighted by atomic mass is 10.3. The van der Waals surface area contributed by atoms with E-state index in [1.54, 1.807) is 0 Å². The second-order valence-electron chi connectivity index (χ2n) is 1.80. The van der Waals surface area contributed by atoms with Gasteiger partial charge >= 0.3 is 0 Å². The molecule has 1 atom stereocenters. The summed E-state index contributed by atoms with van der Waals surface area (Å²) in [6.45, 7) is 0.186. The highest BCUT2D eigenvalue weighted by molar-refractivity contribution is 7.80. The fourth-order valence-corrected chi connectivity index (χ4v) is 0.559. The molecule has 0 rings (SSSR count). The van der Waals surface area contributed by atoms with Crippen LogP contribution in [-0.2, 0) is 4.79 Å². The van der Waals surface area contributed by atoms with Gasteiger partial charge in [-0.1, -0.05) is 0 Å². The predicted molar refractivity (Wildman–Crippen MR) is 41.9 cm³/mol. The number of thiol groups is 1. The van der Waals surface area contributed by atoms with Gasteiger partial charge in [-0.3, -0.25) is 4.79 Å². The lowest BCUT2D eigenvalue weighted by molar-refractivity contribution is -0.122. The van der Waals surface area contributed by atoms with Crippen LogP contribution in [0, 0.1) is 0 Å². The second-order valence-corrected chi connectivity index (χ2v) is 2.17. The number of hydrogen-bond donors (Lipinski definition) is 4. The summed E-state index contributed by atoms with van der Waals surface area (Å²) >= 11 is 3.83. The maximum Gasteiger partial charge on any atom is 0.237 e. The zero-order valence-corrected chi connectivity index (χ0v) is 6.47. The van der Waals surface area contributed by atoms with Gasteiger partial charge in [0.25, 0.3) is 0 Å². The molecule has 4 nitrogen and oxygen atoms in total. The highest BCUT2D eigenvalue weighted by Gasteiger charge is 2.08. The van der Waals surface area contributed by atoms with Crippen LogP contribution in [0.1, 0.15) is 0 Å². The minimum absolute atomic E-state index is 0.0645. The topological polar surface area (TPSA) is 75.4 Å². The first-order valence-electron chi connectivity index (χ1n) is 2.97. The number of rotatable bonds is 4. The maximum atomic E-state index is 10.7. The van der Waals surface area contributed by atoms with Crippen molar-refractivity contribution in [2.45, 2.75) is 6.04 Å². The molecule has 1 unspecified atom stereocenters. The minimum atomic E-state index is -0.574. The highest BCUT2D eigenvalue weighted by Crippen LogP contribution is 1.81.